The summed E-state index contributed by atoms with van der Waals surface area (Å²) in [6.45, 7) is 9.47. The molecule has 1 rings (SSSR count). The van der Waals surface area contributed by atoms with Gasteiger partial charge in [-0.05, 0) is 33.1 Å². The number of nitrogens with zero attached hydrogens (tertiary/aromatic N) is 1. The van der Waals surface area contributed by atoms with Crippen LogP contribution in [-0.2, 0) is 4.79 Å². The molecule has 0 aromatic rings. The summed E-state index contributed by atoms with van der Waals surface area (Å²) in [5.74, 6) is 0.296. The summed E-state index contributed by atoms with van der Waals surface area (Å²) in [6.07, 6.45) is 4.43. The van der Waals surface area contributed by atoms with Gasteiger partial charge in [0.05, 0.1) is 6.04 Å². The summed E-state index contributed by atoms with van der Waals surface area (Å²) in [5.41, 5.74) is 0. The van der Waals surface area contributed by atoms with Gasteiger partial charge in [-0.3, -0.25) is 4.79 Å². The molecule has 16 heavy (non-hydrogen) atoms. The van der Waals surface area contributed by atoms with Crippen LogP contribution in [-0.4, -0.2) is 35.5 Å². The van der Waals surface area contributed by atoms with Crippen LogP contribution in [0.3, 0.4) is 0 Å². The van der Waals surface area contributed by atoms with Gasteiger partial charge in [0.15, 0.2) is 0 Å². The van der Waals surface area contributed by atoms with E-state index in [1.807, 2.05) is 4.90 Å². The molecule has 1 aliphatic heterocycles. The standard InChI is InChI=1S/C13H26N2O/c1-5-7-11(6-2)14-12-8-9-15(10(3)4)13(12)16/h10-12,14H,5-9H2,1-4H3. The number of rotatable bonds is 6. The highest BCUT2D eigenvalue weighted by atomic mass is 16.2. The predicted octanol–water partition coefficient (Wildman–Crippen LogP) is 2.16. The van der Waals surface area contributed by atoms with E-state index in [-0.39, 0.29) is 6.04 Å². The van der Waals surface area contributed by atoms with Crippen molar-refractivity contribution in [2.45, 2.75) is 71.5 Å². The Bertz CT molecular complexity index is 228. The molecule has 94 valence electrons. The Balaban J connectivity index is 2.47. The molecule has 0 radical (unpaired) electrons. The molecule has 1 N–H and O–H groups in total. The maximum absolute atomic E-state index is 12.1. The van der Waals surface area contributed by atoms with Gasteiger partial charge in [0.2, 0.25) is 5.91 Å². The van der Waals surface area contributed by atoms with E-state index in [9.17, 15) is 4.79 Å². The summed E-state index contributed by atoms with van der Waals surface area (Å²) in [7, 11) is 0. The van der Waals surface area contributed by atoms with Crippen molar-refractivity contribution in [3.8, 4) is 0 Å². The van der Waals surface area contributed by atoms with Crippen LogP contribution in [0.5, 0.6) is 0 Å². The number of carbonyl (C=O) groups is 1. The topological polar surface area (TPSA) is 32.3 Å². The normalized spacial score (nSPS) is 23.2. The Labute approximate surface area is 99.6 Å². The van der Waals surface area contributed by atoms with E-state index in [0.29, 0.717) is 18.0 Å². The van der Waals surface area contributed by atoms with Crippen molar-refractivity contribution in [1.82, 2.24) is 10.2 Å². The zero-order chi connectivity index (χ0) is 12.1. The minimum Gasteiger partial charge on any atom is -0.339 e. The van der Waals surface area contributed by atoms with Crippen molar-refractivity contribution in [2.24, 2.45) is 0 Å². The lowest BCUT2D eigenvalue weighted by Gasteiger charge is -2.23. The second-order valence-electron chi connectivity index (χ2n) is 5.03. The molecule has 2 atom stereocenters. The highest BCUT2D eigenvalue weighted by Gasteiger charge is 2.33. The summed E-state index contributed by atoms with van der Waals surface area (Å²) < 4.78 is 0. The second-order valence-corrected chi connectivity index (χ2v) is 5.03. The van der Waals surface area contributed by atoms with Crippen LogP contribution >= 0.6 is 0 Å². The number of hydrogen-bond donors (Lipinski definition) is 1. The molecule has 0 spiro atoms. The lowest BCUT2D eigenvalue weighted by Crippen LogP contribution is -2.44. The molecular weight excluding hydrogens is 200 g/mol. The first kappa shape index (κ1) is 13.5. The monoisotopic (exact) mass is 226 g/mol. The van der Waals surface area contributed by atoms with Gasteiger partial charge in [0.25, 0.3) is 0 Å². The fourth-order valence-corrected chi connectivity index (χ4v) is 2.41. The predicted molar refractivity (Wildman–Crippen MR) is 67.4 cm³/mol. The minimum absolute atomic E-state index is 0.0684. The first-order valence-electron chi connectivity index (χ1n) is 6.66. The SMILES string of the molecule is CCCC(CC)NC1CCN(C(C)C)C1=O. The van der Waals surface area contributed by atoms with Crippen molar-refractivity contribution in [3.63, 3.8) is 0 Å². The van der Waals surface area contributed by atoms with Gasteiger partial charge >= 0.3 is 0 Å². The number of carbonyl (C=O) groups excluding carboxylic acids is 1. The largest absolute Gasteiger partial charge is 0.339 e. The molecule has 0 aromatic heterocycles. The maximum Gasteiger partial charge on any atom is 0.240 e. The summed E-state index contributed by atoms with van der Waals surface area (Å²) in [5, 5.41) is 3.51. The molecule has 2 unspecified atom stereocenters. The third kappa shape index (κ3) is 3.21. The van der Waals surface area contributed by atoms with Crippen molar-refractivity contribution < 1.29 is 4.79 Å². The summed E-state index contributed by atoms with van der Waals surface area (Å²) >= 11 is 0. The Morgan fingerprint density at radius 1 is 1.44 bits per heavy atom. The Kier molecular flexibility index (Phi) is 5.26. The number of hydrogen-bond acceptors (Lipinski definition) is 2. The third-order valence-corrected chi connectivity index (χ3v) is 3.43. The summed E-state index contributed by atoms with van der Waals surface area (Å²) in [4.78, 5) is 14.0. The van der Waals surface area contributed by atoms with Crippen LogP contribution in [0.1, 0.15) is 53.4 Å². The van der Waals surface area contributed by atoms with E-state index in [1.165, 1.54) is 12.8 Å². The minimum atomic E-state index is 0.0684. The van der Waals surface area contributed by atoms with Crippen LogP contribution in [0.4, 0.5) is 0 Å². The maximum atomic E-state index is 12.1. The fourth-order valence-electron chi connectivity index (χ4n) is 2.41. The first-order chi connectivity index (χ1) is 7.60. The lowest BCUT2D eigenvalue weighted by molar-refractivity contribution is -0.131. The summed E-state index contributed by atoms with van der Waals surface area (Å²) in [6, 6.07) is 0.913. The van der Waals surface area contributed by atoms with Gasteiger partial charge in [0, 0.05) is 18.6 Å². The lowest BCUT2D eigenvalue weighted by atomic mass is 10.1. The number of amides is 1. The van der Waals surface area contributed by atoms with Crippen molar-refractivity contribution in [1.29, 1.82) is 0 Å². The molecule has 1 fully saturated rings. The van der Waals surface area contributed by atoms with Crippen LogP contribution < -0.4 is 5.32 Å². The smallest absolute Gasteiger partial charge is 0.240 e. The molecule has 1 saturated heterocycles. The zero-order valence-electron chi connectivity index (χ0n) is 11.1. The molecule has 0 saturated carbocycles. The van der Waals surface area contributed by atoms with E-state index >= 15 is 0 Å². The van der Waals surface area contributed by atoms with Gasteiger partial charge in [-0.1, -0.05) is 20.3 Å². The average Bonchev–Trinajstić information content (AvgIpc) is 2.60. The Hall–Kier alpha value is -0.570. The van der Waals surface area contributed by atoms with Gasteiger partial charge in [-0.2, -0.15) is 0 Å². The van der Waals surface area contributed by atoms with Crippen molar-refractivity contribution >= 4 is 5.91 Å². The molecule has 0 aromatic carbocycles. The van der Waals surface area contributed by atoms with Crippen LogP contribution in [0.25, 0.3) is 0 Å². The molecule has 1 heterocycles. The van der Waals surface area contributed by atoms with Crippen molar-refractivity contribution in [3.05, 3.63) is 0 Å². The molecular formula is C13H26N2O. The van der Waals surface area contributed by atoms with Gasteiger partial charge in [0.1, 0.15) is 0 Å². The van der Waals surface area contributed by atoms with Gasteiger partial charge in [-0.25, -0.2) is 0 Å². The van der Waals surface area contributed by atoms with Crippen molar-refractivity contribution in [2.75, 3.05) is 6.54 Å². The van der Waals surface area contributed by atoms with Crippen LogP contribution in [0.15, 0.2) is 0 Å². The fraction of sp³-hybridized carbons (Fsp3) is 0.923. The van der Waals surface area contributed by atoms with Gasteiger partial charge < -0.3 is 10.2 Å². The first-order valence-corrected chi connectivity index (χ1v) is 6.66. The number of likely N-dealkylation sites (tertiary alicyclic amines) is 1. The molecule has 1 amide bonds. The van der Waals surface area contributed by atoms with Gasteiger partial charge in [-0.15, -0.1) is 0 Å². The van der Waals surface area contributed by atoms with E-state index in [4.69, 9.17) is 0 Å². The van der Waals surface area contributed by atoms with Crippen LogP contribution in [0.2, 0.25) is 0 Å². The van der Waals surface area contributed by atoms with Crippen LogP contribution in [0, 0.1) is 0 Å². The van der Waals surface area contributed by atoms with E-state index in [2.05, 4.69) is 33.0 Å². The van der Waals surface area contributed by atoms with E-state index in [1.54, 1.807) is 0 Å². The Morgan fingerprint density at radius 3 is 2.56 bits per heavy atom. The van der Waals surface area contributed by atoms with E-state index in [0.717, 1.165) is 19.4 Å². The highest BCUT2D eigenvalue weighted by Crippen LogP contribution is 2.16. The second kappa shape index (κ2) is 6.24. The quantitative estimate of drug-likeness (QED) is 0.753. The third-order valence-electron chi connectivity index (χ3n) is 3.43. The molecule has 3 nitrogen and oxygen atoms in total. The number of nitrogens with one attached hydrogen (secondary N) is 1. The molecule has 0 bridgehead atoms. The Morgan fingerprint density at radius 2 is 2.12 bits per heavy atom. The molecule has 3 heteroatoms. The molecule has 1 aliphatic rings. The van der Waals surface area contributed by atoms with E-state index < -0.39 is 0 Å². The molecule has 0 aliphatic carbocycles. The zero-order valence-corrected chi connectivity index (χ0v) is 11.1. The average molecular weight is 226 g/mol. The highest BCUT2D eigenvalue weighted by molar-refractivity contribution is 5.84.